The maximum Gasteiger partial charge on any atom is 0.0541 e. The predicted molar refractivity (Wildman–Crippen MR) is 264 cm³/mol. The van der Waals surface area contributed by atoms with Crippen LogP contribution in [-0.4, -0.2) is 9.13 Å². The number of hydrogen-bond donors (Lipinski definition) is 0. The van der Waals surface area contributed by atoms with Crippen LogP contribution in [0.25, 0.3) is 116 Å². The molecule has 2 heteroatoms. The summed E-state index contributed by atoms with van der Waals surface area (Å²) in [6.45, 7) is 0. The van der Waals surface area contributed by atoms with Crippen molar-refractivity contribution in [3.63, 3.8) is 0 Å². The van der Waals surface area contributed by atoms with Crippen LogP contribution in [0.1, 0.15) is 17.7 Å². The molecule has 0 spiro atoms. The lowest BCUT2D eigenvalue weighted by atomic mass is 9.85. The van der Waals surface area contributed by atoms with Gasteiger partial charge in [-0.15, -0.1) is 0 Å². The molecule has 13 rings (SSSR count). The Morgan fingerprint density at radius 2 is 0.871 bits per heavy atom. The van der Waals surface area contributed by atoms with Crippen molar-refractivity contribution in [1.29, 1.82) is 0 Å². The molecule has 0 N–H and O–H groups in total. The van der Waals surface area contributed by atoms with Crippen molar-refractivity contribution in [2.75, 3.05) is 0 Å². The minimum Gasteiger partial charge on any atom is -0.310 e. The first-order chi connectivity index (χ1) is 30.8. The van der Waals surface area contributed by atoms with E-state index in [0.29, 0.717) is 0 Å². The molecule has 0 aliphatic heterocycles. The molecule has 0 amide bonds. The van der Waals surface area contributed by atoms with Crippen LogP contribution in [0.15, 0.2) is 212 Å². The van der Waals surface area contributed by atoms with E-state index >= 15 is 0 Å². The minimum absolute atomic E-state index is 1.05. The third-order valence-electron chi connectivity index (χ3n) is 13.3. The van der Waals surface area contributed by atoms with Gasteiger partial charge in [-0.3, -0.25) is 0 Å². The Bertz CT molecular complexity index is 3750. The lowest BCUT2D eigenvalue weighted by Crippen LogP contribution is -2.01. The van der Waals surface area contributed by atoms with Crippen molar-refractivity contribution in [2.24, 2.45) is 0 Å². The average molecular weight is 789 g/mol. The summed E-state index contributed by atoms with van der Waals surface area (Å²) in [6.07, 6.45) is 6.79. The van der Waals surface area contributed by atoms with Crippen molar-refractivity contribution in [1.82, 2.24) is 9.13 Å². The second-order valence-corrected chi connectivity index (χ2v) is 16.7. The molecule has 10 aromatic carbocycles. The normalized spacial score (nSPS) is 12.6. The molecule has 0 radical (unpaired) electrons. The van der Waals surface area contributed by atoms with Crippen molar-refractivity contribution in [3.05, 3.63) is 224 Å². The van der Waals surface area contributed by atoms with Gasteiger partial charge in [0.1, 0.15) is 0 Å². The van der Waals surface area contributed by atoms with E-state index in [0.717, 1.165) is 18.5 Å². The number of hydrogen-bond acceptors (Lipinski definition) is 0. The average Bonchev–Trinajstić information content (AvgIpc) is 3.86. The highest BCUT2D eigenvalue weighted by molar-refractivity contribution is 6.22. The molecule has 2 aromatic heterocycles. The molecule has 62 heavy (non-hydrogen) atoms. The highest BCUT2D eigenvalue weighted by Gasteiger charge is 2.23. The van der Waals surface area contributed by atoms with Gasteiger partial charge in [-0.05, 0) is 145 Å². The van der Waals surface area contributed by atoms with Gasteiger partial charge in [0, 0.05) is 33.2 Å². The van der Waals surface area contributed by atoms with Crippen molar-refractivity contribution >= 4 is 71.1 Å². The van der Waals surface area contributed by atoms with Gasteiger partial charge in [0.2, 0.25) is 0 Å². The quantitative estimate of drug-likeness (QED) is 0.154. The Morgan fingerprint density at radius 3 is 1.60 bits per heavy atom. The van der Waals surface area contributed by atoms with Gasteiger partial charge in [-0.2, -0.15) is 0 Å². The molecule has 1 aliphatic carbocycles. The van der Waals surface area contributed by atoms with Gasteiger partial charge in [0.25, 0.3) is 0 Å². The Morgan fingerprint density at radius 1 is 0.323 bits per heavy atom. The summed E-state index contributed by atoms with van der Waals surface area (Å²) in [5.41, 5.74) is 16.0. The molecule has 1 aliphatic rings. The first-order valence-corrected chi connectivity index (χ1v) is 21.7. The highest BCUT2D eigenvalue weighted by atomic mass is 15.0. The summed E-state index contributed by atoms with van der Waals surface area (Å²) < 4.78 is 4.94. The van der Waals surface area contributed by atoms with E-state index in [9.17, 15) is 0 Å². The number of para-hydroxylation sites is 3. The lowest BCUT2D eigenvalue weighted by Gasteiger charge is -2.21. The van der Waals surface area contributed by atoms with Crippen molar-refractivity contribution in [3.8, 4) is 44.8 Å². The van der Waals surface area contributed by atoms with Crippen LogP contribution in [0.5, 0.6) is 0 Å². The summed E-state index contributed by atoms with van der Waals surface area (Å²) in [5.74, 6) is 0. The first-order valence-electron chi connectivity index (χ1n) is 21.7. The zero-order chi connectivity index (χ0) is 40.7. The minimum atomic E-state index is 1.05. The SMILES string of the molecule is C1=Cc2c(c3ccccc3n2-c2ccc3c(-c4ccccc4)c4cc(-n5c6ccccc6c6ccccc65)ccc4c(-c4cccc(-c5ccc6ccccc6c5)c4)c3c2)CC1. The number of allylic oxidation sites excluding steroid dienone is 1. The molecule has 0 bridgehead atoms. The largest absolute Gasteiger partial charge is 0.310 e. The molecule has 2 nitrogen and oxygen atoms in total. The summed E-state index contributed by atoms with van der Waals surface area (Å²) in [4.78, 5) is 0. The molecule has 12 aromatic rings. The number of rotatable bonds is 5. The number of aryl methyl sites for hydroxylation is 1. The van der Waals surface area contributed by atoms with Crippen LogP contribution >= 0.6 is 0 Å². The standard InChI is InChI=1S/C60H40N2/c1-2-16-40(17-3-1)59-51-33-31-46(62-57-27-12-8-23-49(57)50-24-9-13-28-58(50)62)38-54(51)60(44-20-14-19-42(36-44)43-30-29-39-15-4-5-18-41(39)35-43)52-34-32-45(37-53(52)59)61-55-25-10-6-21-47(55)48-22-7-11-26-56(48)61/h1-8,10-23,25-38H,9,24H2. The fraction of sp³-hybridized carbons (Fsp3) is 0.0333. The molecule has 0 saturated carbocycles. The molecule has 290 valence electrons. The number of fused-ring (bicyclic) bond motifs is 9. The smallest absolute Gasteiger partial charge is 0.0541 e. The van der Waals surface area contributed by atoms with E-state index in [2.05, 4.69) is 228 Å². The molecular formula is C60H40N2. The summed E-state index contributed by atoms with van der Waals surface area (Å²) >= 11 is 0. The maximum absolute atomic E-state index is 2.49. The second-order valence-electron chi connectivity index (χ2n) is 16.7. The molecule has 0 fully saturated rings. The number of benzene rings is 10. The second kappa shape index (κ2) is 13.8. The van der Waals surface area contributed by atoms with E-state index in [1.165, 1.54) is 115 Å². The highest BCUT2D eigenvalue weighted by Crippen LogP contribution is 2.47. The van der Waals surface area contributed by atoms with Gasteiger partial charge >= 0.3 is 0 Å². The Hall–Kier alpha value is -7.94. The molecular weight excluding hydrogens is 749 g/mol. The van der Waals surface area contributed by atoms with Gasteiger partial charge in [-0.1, -0.05) is 158 Å². The Kier molecular flexibility index (Phi) is 7.77. The Labute approximate surface area is 359 Å². The van der Waals surface area contributed by atoms with E-state index in [-0.39, 0.29) is 0 Å². The zero-order valence-electron chi connectivity index (χ0n) is 34.1. The van der Waals surface area contributed by atoms with Gasteiger partial charge in [0.05, 0.1) is 16.6 Å². The van der Waals surface area contributed by atoms with Crippen molar-refractivity contribution in [2.45, 2.75) is 12.8 Å². The predicted octanol–water partition coefficient (Wildman–Crippen LogP) is 16.1. The van der Waals surface area contributed by atoms with Gasteiger partial charge in [-0.25, -0.2) is 0 Å². The molecule has 0 atom stereocenters. The molecule has 2 heterocycles. The zero-order valence-corrected chi connectivity index (χ0v) is 34.1. The van der Waals surface area contributed by atoms with Crippen LogP contribution in [-0.2, 0) is 6.42 Å². The third-order valence-corrected chi connectivity index (χ3v) is 13.3. The molecule has 0 unspecified atom stereocenters. The van der Waals surface area contributed by atoms with Crippen LogP contribution in [0, 0.1) is 0 Å². The summed E-state index contributed by atoms with van der Waals surface area (Å²) in [5, 5.41) is 11.3. The lowest BCUT2D eigenvalue weighted by molar-refractivity contribution is 0.968. The van der Waals surface area contributed by atoms with E-state index in [1.54, 1.807) is 0 Å². The topological polar surface area (TPSA) is 9.86 Å². The summed E-state index contributed by atoms with van der Waals surface area (Å²) in [6, 6.07) is 76.6. The van der Waals surface area contributed by atoms with Crippen LogP contribution in [0.4, 0.5) is 0 Å². The van der Waals surface area contributed by atoms with Gasteiger partial charge in [0.15, 0.2) is 0 Å². The third kappa shape index (κ3) is 5.30. The van der Waals surface area contributed by atoms with Crippen LogP contribution in [0.3, 0.4) is 0 Å². The monoisotopic (exact) mass is 788 g/mol. The van der Waals surface area contributed by atoms with E-state index < -0.39 is 0 Å². The van der Waals surface area contributed by atoms with Gasteiger partial charge < -0.3 is 9.13 Å². The fourth-order valence-corrected chi connectivity index (χ4v) is 10.6. The van der Waals surface area contributed by atoms with E-state index in [4.69, 9.17) is 0 Å². The Balaban J connectivity index is 1.14. The summed E-state index contributed by atoms with van der Waals surface area (Å²) in [7, 11) is 0. The van der Waals surface area contributed by atoms with Crippen molar-refractivity contribution < 1.29 is 0 Å². The maximum atomic E-state index is 2.49. The van der Waals surface area contributed by atoms with Crippen LogP contribution < -0.4 is 0 Å². The number of aromatic nitrogens is 2. The van der Waals surface area contributed by atoms with E-state index in [1.807, 2.05) is 0 Å². The van der Waals surface area contributed by atoms with Crippen LogP contribution in [0.2, 0.25) is 0 Å². The molecule has 0 saturated heterocycles. The fourth-order valence-electron chi connectivity index (χ4n) is 10.6. The first kappa shape index (κ1) is 34.9. The number of nitrogens with zero attached hydrogens (tertiary/aromatic N) is 2.